The van der Waals surface area contributed by atoms with E-state index in [1.165, 1.54) is 26.4 Å². The third-order valence-electron chi connectivity index (χ3n) is 3.97. The van der Waals surface area contributed by atoms with Gasteiger partial charge >= 0.3 is 0 Å². The van der Waals surface area contributed by atoms with E-state index in [9.17, 15) is 15.0 Å². The molecule has 0 aromatic heterocycles. The molecule has 0 amide bonds. The van der Waals surface area contributed by atoms with Crippen molar-refractivity contribution >= 4 is 6.29 Å². The van der Waals surface area contributed by atoms with Crippen molar-refractivity contribution in [1.82, 2.24) is 0 Å². The number of rotatable bonds is 5. The van der Waals surface area contributed by atoms with Gasteiger partial charge in [-0.15, -0.1) is 0 Å². The summed E-state index contributed by atoms with van der Waals surface area (Å²) in [4.78, 5) is 11.1. The van der Waals surface area contributed by atoms with Crippen molar-refractivity contribution in [1.29, 1.82) is 0 Å². The first-order chi connectivity index (χ1) is 12.1. The van der Waals surface area contributed by atoms with E-state index in [4.69, 9.17) is 18.9 Å². The molecule has 1 aliphatic rings. The monoisotopic (exact) mass is 346 g/mol. The predicted octanol–water partition coefficient (Wildman–Crippen LogP) is 2.10. The van der Waals surface area contributed by atoms with Crippen molar-refractivity contribution in [2.45, 2.75) is 12.2 Å². The maximum Gasteiger partial charge on any atom is 0.204 e. The normalized spacial score (nSPS) is 18.5. The molecule has 0 saturated carbocycles. The van der Waals surface area contributed by atoms with Gasteiger partial charge in [0.05, 0.1) is 20.8 Å². The second-order valence-corrected chi connectivity index (χ2v) is 5.48. The molecule has 2 aromatic carbocycles. The Balaban J connectivity index is 2.04. The highest BCUT2D eigenvalue weighted by atomic mass is 16.6. The molecular formula is C18H18O7. The standard InChI is InChI=1S/C18H18O7/c1-22-13-7-11(3-4-12(13)21)17-16(9-20)25-18-14(23-2)5-10(8-19)6-15(18)24-17/h3-8,16-17,20-21H,9H2,1-2H3/t16-,17-/m1/s1. The van der Waals surface area contributed by atoms with E-state index in [2.05, 4.69) is 0 Å². The van der Waals surface area contributed by atoms with Crippen LogP contribution in [0.3, 0.4) is 0 Å². The van der Waals surface area contributed by atoms with E-state index in [1.807, 2.05) is 0 Å². The SMILES string of the molecule is COc1cc([C@H]2Oc3cc(C=O)cc(OC)c3O[C@@H]2CO)ccc1O. The molecule has 1 heterocycles. The lowest BCUT2D eigenvalue weighted by Crippen LogP contribution is -2.36. The van der Waals surface area contributed by atoms with Gasteiger partial charge in [-0.1, -0.05) is 6.07 Å². The van der Waals surface area contributed by atoms with E-state index in [0.29, 0.717) is 34.7 Å². The summed E-state index contributed by atoms with van der Waals surface area (Å²) in [6.07, 6.45) is -0.667. The van der Waals surface area contributed by atoms with Crippen molar-refractivity contribution in [3.63, 3.8) is 0 Å². The maximum atomic E-state index is 11.1. The molecule has 0 unspecified atom stereocenters. The van der Waals surface area contributed by atoms with Gasteiger partial charge in [0.25, 0.3) is 0 Å². The second kappa shape index (κ2) is 6.90. The van der Waals surface area contributed by atoms with E-state index in [1.54, 1.807) is 18.2 Å². The Bertz CT molecular complexity index is 787. The highest BCUT2D eigenvalue weighted by Gasteiger charge is 2.35. The second-order valence-electron chi connectivity index (χ2n) is 5.48. The molecule has 3 rings (SSSR count). The molecule has 0 bridgehead atoms. The van der Waals surface area contributed by atoms with Crippen LogP contribution in [-0.2, 0) is 0 Å². The number of methoxy groups -OCH3 is 2. The first-order valence-electron chi connectivity index (χ1n) is 7.59. The van der Waals surface area contributed by atoms with E-state index < -0.39 is 12.2 Å². The molecule has 0 radical (unpaired) electrons. The summed E-state index contributed by atoms with van der Waals surface area (Å²) in [7, 11) is 2.90. The molecule has 0 saturated heterocycles. The average molecular weight is 346 g/mol. The summed E-state index contributed by atoms with van der Waals surface area (Å²) in [5.41, 5.74) is 1.03. The zero-order valence-corrected chi connectivity index (χ0v) is 13.8. The number of fused-ring (bicyclic) bond motifs is 1. The summed E-state index contributed by atoms with van der Waals surface area (Å²) in [5, 5.41) is 19.5. The molecule has 25 heavy (non-hydrogen) atoms. The molecule has 0 spiro atoms. The van der Waals surface area contributed by atoms with Gasteiger partial charge in [-0.2, -0.15) is 0 Å². The van der Waals surface area contributed by atoms with Crippen LogP contribution in [0.2, 0.25) is 0 Å². The molecule has 132 valence electrons. The van der Waals surface area contributed by atoms with E-state index in [0.717, 1.165) is 0 Å². The van der Waals surface area contributed by atoms with Gasteiger partial charge in [-0.25, -0.2) is 0 Å². The molecule has 1 aliphatic heterocycles. The largest absolute Gasteiger partial charge is 0.504 e. The first-order valence-corrected chi connectivity index (χ1v) is 7.59. The molecule has 2 N–H and O–H groups in total. The Hall–Kier alpha value is -2.93. The van der Waals surface area contributed by atoms with Crippen LogP contribution >= 0.6 is 0 Å². The van der Waals surface area contributed by atoms with E-state index >= 15 is 0 Å². The Morgan fingerprint density at radius 2 is 1.88 bits per heavy atom. The summed E-state index contributed by atoms with van der Waals surface area (Å²) < 4.78 is 22.2. The lowest BCUT2D eigenvalue weighted by molar-refractivity contribution is -0.0142. The summed E-state index contributed by atoms with van der Waals surface area (Å²) >= 11 is 0. The molecule has 0 fully saturated rings. The van der Waals surface area contributed by atoms with Gasteiger partial charge in [0.2, 0.25) is 5.75 Å². The van der Waals surface area contributed by atoms with Crippen LogP contribution in [-0.4, -0.2) is 43.4 Å². The predicted molar refractivity (Wildman–Crippen MR) is 87.9 cm³/mol. The minimum Gasteiger partial charge on any atom is -0.504 e. The zero-order valence-electron chi connectivity index (χ0n) is 13.8. The topological polar surface area (TPSA) is 94.5 Å². The van der Waals surface area contributed by atoms with Crippen LogP contribution in [0.4, 0.5) is 0 Å². The fraction of sp³-hybridized carbons (Fsp3) is 0.278. The fourth-order valence-electron chi connectivity index (χ4n) is 2.73. The van der Waals surface area contributed by atoms with Crippen molar-refractivity contribution in [2.75, 3.05) is 20.8 Å². The van der Waals surface area contributed by atoms with Crippen molar-refractivity contribution < 1.29 is 34.0 Å². The van der Waals surface area contributed by atoms with Gasteiger partial charge in [0.15, 0.2) is 35.2 Å². The Morgan fingerprint density at radius 3 is 2.52 bits per heavy atom. The van der Waals surface area contributed by atoms with Gasteiger partial charge in [0.1, 0.15) is 6.29 Å². The quantitative estimate of drug-likeness (QED) is 0.801. The number of ether oxygens (including phenoxy) is 4. The smallest absolute Gasteiger partial charge is 0.204 e. The molecule has 7 nitrogen and oxygen atoms in total. The number of hydrogen-bond donors (Lipinski definition) is 2. The summed E-state index contributed by atoms with van der Waals surface area (Å²) in [6, 6.07) is 7.82. The number of aromatic hydroxyl groups is 1. The minimum absolute atomic E-state index is 0.00571. The minimum atomic E-state index is -0.697. The van der Waals surface area contributed by atoms with Gasteiger partial charge in [-0.3, -0.25) is 4.79 Å². The van der Waals surface area contributed by atoms with Crippen LogP contribution in [0.5, 0.6) is 28.7 Å². The molecule has 7 heteroatoms. The number of aliphatic hydroxyl groups is 1. The number of phenols is 1. The first kappa shape index (κ1) is 16.9. The van der Waals surface area contributed by atoms with Crippen LogP contribution in [0.25, 0.3) is 0 Å². The van der Waals surface area contributed by atoms with E-state index in [-0.39, 0.29) is 18.1 Å². The number of carbonyl (C=O) groups is 1. The van der Waals surface area contributed by atoms with Crippen molar-refractivity contribution in [2.24, 2.45) is 0 Å². The van der Waals surface area contributed by atoms with Crippen molar-refractivity contribution in [3.05, 3.63) is 41.5 Å². The molecule has 2 aromatic rings. The molecule has 0 aliphatic carbocycles. The number of carbonyl (C=O) groups excluding carboxylic acids is 1. The Labute approximate surface area is 144 Å². The number of phenolic OH excluding ortho intramolecular Hbond substituents is 1. The molecule has 2 atom stereocenters. The van der Waals surface area contributed by atoms with Gasteiger partial charge in [0, 0.05) is 11.1 Å². The number of aliphatic hydroxyl groups excluding tert-OH is 1. The third-order valence-corrected chi connectivity index (χ3v) is 3.97. The Morgan fingerprint density at radius 1 is 1.12 bits per heavy atom. The number of aldehydes is 1. The van der Waals surface area contributed by atoms with Crippen LogP contribution < -0.4 is 18.9 Å². The number of hydrogen-bond acceptors (Lipinski definition) is 7. The lowest BCUT2D eigenvalue weighted by Gasteiger charge is -2.34. The average Bonchev–Trinajstić information content (AvgIpc) is 2.66. The van der Waals surface area contributed by atoms with Gasteiger partial charge in [-0.05, 0) is 24.3 Å². The van der Waals surface area contributed by atoms with Crippen LogP contribution in [0.1, 0.15) is 22.0 Å². The van der Waals surface area contributed by atoms with Crippen molar-refractivity contribution in [3.8, 4) is 28.7 Å². The third kappa shape index (κ3) is 3.06. The lowest BCUT2D eigenvalue weighted by atomic mass is 10.0. The van der Waals surface area contributed by atoms with Gasteiger partial charge < -0.3 is 29.2 Å². The maximum absolute atomic E-state index is 11.1. The molecular weight excluding hydrogens is 328 g/mol. The zero-order chi connectivity index (χ0) is 18.0. The van der Waals surface area contributed by atoms with Crippen LogP contribution in [0.15, 0.2) is 30.3 Å². The fourth-order valence-corrected chi connectivity index (χ4v) is 2.73. The summed E-state index contributed by atoms with van der Waals surface area (Å²) in [6.45, 7) is -0.300. The van der Waals surface area contributed by atoms with Crippen LogP contribution in [0, 0.1) is 0 Å². The highest BCUT2D eigenvalue weighted by molar-refractivity contribution is 5.78. The number of benzene rings is 2. The summed E-state index contributed by atoms with van der Waals surface area (Å²) in [5.74, 6) is 1.29. The highest BCUT2D eigenvalue weighted by Crippen LogP contribution is 2.46. The Kier molecular flexibility index (Phi) is 4.67.